The third kappa shape index (κ3) is 5.32. The molecule has 1 N–H and O–H groups in total. The van der Waals surface area contributed by atoms with Gasteiger partial charge in [0.1, 0.15) is 5.02 Å². The summed E-state index contributed by atoms with van der Waals surface area (Å²) in [4.78, 5) is 24.3. The molecular formula is C14H20ClN3O3. The molecule has 0 saturated heterocycles. The molecule has 0 aliphatic heterocycles. The number of rotatable bonds is 8. The number of nitro groups is 1. The molecule has 0 aliphatic carbocycles. The van der Waals surface area contributed by atoms with Gasteiger partial charge in [0, 0.05) is 24.7 Å². The highest BCUT2D eigenvalue weighted by molar-refractivity contribution is 6.33. The predicted molar refractivity (Wildman–Crippen MR) is 82.8 cm³/mol. The fourth-order valence-corrected chi connectivity index (χ4v) is 2.22. The van der Waals surface area contributed by atoms with Gasteiger partial charge in [0.15, 0.2) is 0 Å². The molecule has 0 aliphatic rings. The number of hydrogen-bond acceptors (Lipinski definition) is 4. The van der Waals surface area contributed by atoms with Crippen molar-refractivity contribution in [2.75, 3.05) is 26.2 Å². The fourth-order valence-electron chi connectivity index (χ4n) is 1.97. The molecule has 1 rings (SSSR count). The van der Waals surface area contributed by atoms with E-state index in [9.17, 15) is 14.9 Å². The summed E-state index contributed by atoms with van der Waals surface area (Å²) in [6.45, 7) is 7.43. The number of nitrogens with one attached hydrogen (secondary N) is 1. The van der Waals surface area contributed by atoms with Crippen molar-refractivity contribution in [2.24, 2.45) is 0 Å². The average molecular weight is 314 g/mol. The molecule has 21 heavy (non-hydrogen) atoms. The maximum Gasteiger partial charge on any atom is 0.287 e. The van der Waals surface area contributed by atoms with Gasteiger partial charge in [-0.1, -0.05) is 25.4 Å². The van der Waals surface area contributed by atoms with Crippen molar-refractivity contribution in [2.45, 2.75) is 20.3 Å². The number of likely N-dealkylation sites (N-methyl/N-ethyl adjacent to an activating group) is 1. The van der Waals surface area contributed by atoms with Crippen LogP contribution in [0, 0.1) is 10.1 Å². The Morgan fingerprint density at radius 2 is 2.10 bits per heavy atom. The Kier molecular flexibility index (Phi) is 7.11. The second-order valence-electron chi connectivity index (χ2n) is 4.61. The average Bonchev–Trinajstić information content (AvgIpc) is 2.45. The van der Waals surface area contributed by atoms with Crippen molar-refractivity contribution >= 4 is 23.2 Å². The van der Waals surface area contributed by atoms with Gasteiger partial charge in [0.05, 0.1) is 4.92 Å². The van der Waals surface area contributed by atoms with Gasteiger partial charge in [-0.3, -0.25) is 14.9 Å². The quantitative estimate of drug-likeness (QED) is 0.591. The molecule has 0 radical (unpaired) electrons. The molecule has 0 unspecified atom stereocenters. The zero-order valence-corrected chi connectivity index (χ0v) is 13.0. The first-order chi connectivity index (χ1) is 9.99. The Balaban J connectivity index is 2.56. The highest BCUT2D eigenvalue weighted by Crippen LogP contribution is 2.24. The van der Waals surface area contributed by atoms with Crippen LogP contribution in [0.25, 0.3) is 0 Å². The molecule has 0 heterocycles. The molecule has 6 nitrogen and oxygen atoms in total. The zero-order chi connectivity index (χ0) is 15.8. The van der Waals surface area contributed by atoms with Crippen LogP contribution in [0.2, 0.25) is 5.02 Å². The van der Waals surface area contributed by atoms with Crippen LogP contribution in [0.4, 0.5) is 5.69 Å². The summed E-state index contributed by atoms with van der Waals surface area (Å²) < 4.78 is 0. The number of nitrogens with zero attached hydrogens (tertiary/aromatic N) is 2. The van der Waals surface area contributed by atoms with Gasteiger partial charge in [-0.25, -0.2) is 0 Å². The highest BCUT2D eigenvalue weighted by atomic mass is 35.5. The van der Waals surface area contributed by atoms with E-state index >= 15 is 0 Å². The molecule has 0 spiro atoms. The van der Waals surface area contributed by atoms with Crippen LogP contribution < -0.4 is 5.32 Å². The van der Waals surface area contributed by atoms with Crippen molar-refractivity contribution < 1.29 is 9.72 Å². The molecule has 0 aromatic heterocycles. The Bertz CT molecular complexity index is 508. The van der Waals surface area contributed by atoms with Gasteiger partial charge in [0.2, 0.25) is 0 Å². The maximum atomic E-state index is 11.9. The summed E-state index contributed by atoms with van der Waals surface area (Å²) in [7, 11) is 0. The first-order valence-corrected chi connectivity index (χ1v) is 7.31. The number of amides is 1. The third-order valence-corrected chi connectivity index (χ3v) is 3.41. The summed E-state index contributed by atoms with van der Waals surface area (Å²) in [5.74, 6) is -0.278. The lowest BCUT2D eigenvalue weighted by molar-refractivity contribution is -0.384. The minimum Gasteiger partial charge on any atom is -0.351 e. The molecule has 0 fully saturated rings. The minimum atomic E-state index is -0.576. The van der Waals surface area contributed by atoms with E-state index in [1.54, 1.807) is 0 Å². The smallest absolute Gasteiger partial charge is 0.287 e. The summed E-state index contributed by atoms with van der Waals surface area (Å²) in [6.07, 6.45) is 1.07. The zero-order valence-electron chi connectivity index (χ0n) is 12.3. The molecule has 116 valence electrons. The van der Waals surface area contributed by atoms with Crippen LogP contribution >= 0.6 is 11.6 Å². The normalized spacial score (nSPS) is 10.7. The Hall–Kier alpha value is -1.66. The van der Waals surface area contributed by atoms with E-state index in [0.29, 0.717) is 12.1 Å². The van der Waals surface area contributed by atoms with Gasteiger partial charge < -0.3 is 10.2 Å². The Labute approximate surface area is 129 Å². The van der Waals surface area contributed by atoms with E-state index in [1.165, 1.54) is 18.2 Å². The van der Waals surface area contributed by atoms with E-state index in [1.807, 2.05) is 0 Å². The van der Waals surface area contributed by atoms with Gasteiger partial charge in [-0.15, -0.1) is 0 Å². The predicted octanol–water partition coefficient (Wildman–Crippen LogP) is 2.71. The van der Waals surface area contributed by atoms with E-state index in [0.717, 1.165) is 26.1 Å². The Morgan fingerprint density at radius 3 is 2.62 bits per heavy atom. The number of carbonyl (C=O) groups is 1. The monoisotopic (exact) mass is 313 g/mol. The van der Waals surface area contributed by atoms with Crippen LogP contribution in [0.5, 0.6) is 0 Å². The van der Waals surface area contributed by atoms with Gasteiger partial charge in [-0.05, 0) is 31.6 Å². The first-order valence-electron chi connectivity index (χ1n) is 6.94. The molecule has 0 bridgehead atoms. The maximum absolute atomic E-state index is 11.9. The molecule has 0 atom stereocenters. The molecule has 1 aromatic carbocycles. The standard InChI is InChI=1S/C14H20ClN3O3/c1-3-8-17(4-2)9-7-16-14(19)11-5-6-13(18(20)21)12(15)10-11/h5-6,10H,3-4,7-9H2,1-2H3,(H,16,19). The van der Waals surface area contributed by atoms with Gasteiger partial charge >= 0.3 is 0 Å². The SMILES string of the molecule is CCCN(CC)CCNC(=O)c1ccc([N+](=O)[O-])c(Cl)c1. The van der Waals surface area contributed by atoms with Crippen LogP contribution in [0.15, 0.2) is 18.2 Å². The van der Waals surface area contributed by atoms with Crippen LogP contribution in [0.1, 0.15) is 30.6 Å². The minimum absolute atomic E-state index is 0.0335. The molecule has 7 heteroatoms. The fraction of sp³-hybridized carbons (Fsp3) is 0.500. The second-order valence-corrected chi connectivity index (χ2v) is 5.02. The van der Waals surface area contributed by atoms with E-state index in [-0.39, 0.29) is 16.6 Å². The number of hydrogen-bond donors (Lipinski definition) is 1. The number of benzene rings is 1. The van der Waals surface area contributed by atoms with Crippen LogP contribution in [-0.2, 0) is 0 Å². The van der Waals surface area contributed by atoms with Crippen molar-refractivity contribution in [1.29, 1.82) is 0 Å². The van der Waals surface area contributed by atoms with E-state index in [4.69, 9.17) is 11.6 Å². The first kappa shape index (κ1) is 17.4. The van der Waals surface area contributed by atoms with Gasteiger partial charge in [0.25, 0.3) is 11.6 Å². The van der Waals surface area contributed by atoms with Crippen LogP contribution in [-0.4, -0.2) is 41.9 Å². The molecule has 0 saturated carbocycles. The van der Waals surface area contributed by atoms with Crippen molar-refractivity contribution in [3.63, 3.8) is 0 Å². The lowest BCUT2D eigenvalue weighted by atomic mass is 10.2. The lowest BCUT2D eigenvalue weighted by Gasteiger charge is -2.19. The van der Waals surface area contributed by atoms with Crippen molar-refractivity contribution in [1.82, 2.24) is 10.2 Å². The van der Waals surface area contributed by atoms with Crippen molar-refractivity contribution in [3.05, 3.63) is 38.9 Å². The van der Waals surface area contributed by atoms with E-state index in [2.05, 4.69) is 24.1 Å². The number of nitro benzene ring substituents is 1. The molecular weight excluding hydrogens is 294 g/mol. The largest absolute Gasteiger partial charge is 0.351 e. The topological polar surface area (TPSA) is 75.5 Å². The van der Waals surface area contributed by atoms with Crippen molar-refractivity contribution in [3.8, 4) is 0 Å². The summed E-state index contributed by atoms with van der Waals surface area (Å²) in [5, 5.41) is 13.4. The number of carbonyl (C=O) groups excluding carboxylic acids is 1. The Morgan fingerprint density at radius 1 is 1.38 bits per heavy atom. The summed E-state index contributed by atoms with van der Waals surface area (Å²) in [6, 6.07) is 3.97. The molecule has 1 amide bonds. The van der Waals surface area contributed by atoms with Crippen LogP contribution in [0.3, 0.4) is 0 Å². The summed E-state index contributed by atoms with van der Waals surface area (Å²) in [5.41, 5.74) is 0.123. The van der Waals surface area contributed by atoms with Gasteiger partial charge in [-0.2, -0.15) is 0 Å². The third-order valence-electron chi connectivity index (χ3n) is 3.11. The summed E-state index contributed by atoms with van der Waals surface area (Å²) >= 11 is 5.79. The van der Waals surface area contributed by atoms with E-state index < -0.39 is 4.92 Å². The lowest BCUT2D eigenvalue weighted by Crippen LogP contribution is -2.35. The second kappa shape index (κ2) is 8.59. The highest BCUT2D eigenvalue weighted by Gasteiger charge is 2.15. The number of halogens is 1. The molecule has 1 aromatic rings.